The molecule has 0 saturated carbocycles. The number of allylic oxidation sites excluding steroid dienone is 2. The van der Waals surface area contributed by atoms with Crippen molar-refractivity contribution in [1.29, 1.82) is 0 Å². The molecule has 0 bridgehead atoms. The minimum atomic E-state index is -3.59. The van der Waals surface area contributed by atoms with Crippen LogP contribution in [-0.4, -0.2) is 16.8 Å². The van der Waals surface area contributed by atoms with E-state index in [0.29, 0.717) is 0 Å². The molecular formula is C18H18O4S2. The molecule has 0 unspecified atom stereocenters. The second kappa shape index (κ2) is 7.15. The molecule has 2 aromatic carbocycles. The van der Waals surface area contributed by atoms with Gasteiger partial charge in [-0.05, 0) is 50.3 Å². The van der Waals surface area contributed by atoms with Gasteiger partial charge in [-0.1, -0.05) is 35.4 Å². The molecule has 24 heavy (non-hydrogen) atoms. The Labute approximate surface area is 143 Å². The summed E-state index contributed by atoms with van der Waals surface area (Å²) in [6.07, 6.45) is 2.42. The average Bonchev–Trinajstić information content (AvgIpc) is 2.52. The van der Waals surface area contributed by atoms with Gasteiger partial charge in [-0.2, -0.15) is 0 Å². The summed E-state index contributed by atoms with van der Waals surface area (Å²) in [7, 11) is -7.18. The van der Waals surface area contributed by atoms with Crippen molar-refractivity contribution in [1.82, 2.24) is 0 Å². The summed E-state index contributed by atoms with van der Waals surface area (Å²) in [6, 6.07) is 12.9. The Balaban J connectivity index is 2.16. The maximum absolute atomic E-state index is 12.1. The number of hydrogen-bond donors (Lipinski definition) is 0. The first-order chi connectivity index (χ1) is 11.2. The molecule has 4 nitrogen and oxygen atoms in total. The maximum atomic E-state index is 12.1. The zero-order chi connectivity index (χ0) is 17.8. The van der Waals surface area contributed by atoms with Crippen LogP contribution in [0.15, 0.2) is 81.3 Å². The highest BCUT2D eigenvalue weighted by molar-refractivity contribution is 7.94. The Morgan fingerprint density at radius 1 is 0.583 bits per heavy atom. The van der Waals surface area contributed by atoms with Gasteiger partial charge in [0.25, 0.3) is 0 Å². The van der Waals surface area contributed by atoms with Crippen LogP contribution in [0.4, 0.5) is 0 Å². The number of hydrogen-bond acceptors (Lipinski definition) is 4. The van der Waals surface area contributed by atoms with E-state index in [2.05, 4.69) is 0 Å². The van der Waals surface area contributed by atoms with Crippen LogP contribution in [0.3, 0.4) is 0 Å². The largest absolute Gasteiger partial charge is 0.219 e. The van der Waals surface area contributed by atoms with Crippen LogP contribution in [0.1, 0.15) is 11.1 Å². The molecule has 0 aliphatic heterocycles. The van der Waals surface area contributed by atoms with Crippen molar-refractivity contribution in [3.63, 3.8) is 0 Å². The molecule has 0 aliphatic carbocycles. The van der Waals surface area contributed by atoms with E-state index in [1.807, 2.05) is 13.8 Å². The third-order valence-electron chi connectivity index (χ3n) is 3.33. The third-order valence-corrected chi connectivity index (χ3v) is 6.21. The fourth-order valence-corrected chi connectivity index (χ4v) is 3.85. The van der Waals surface area contributed by atoms with Crippen molar-refractivity contribution in [3.8, 4) is 0 Å². The van der Waals surface area contributed by atoms with Crippen molar-refractivity contribution in [2.75, 3.05) is 0 Å². The summed E-state index contributed by atoms with van der Waals surface area (Å²) in [4.78, 5) is 0.332. The maximum Gasteiger partial charge on any atom is 0.199 e. The van der Waals surface area contributed by atoms with Gasteiger partial charge >= 0.3 is 0 Å². The zero-order valence-electron chi connectivity index (χ0n) is 13.4. The summed E-state index contributed by atoms with van der Waals surface area (Å²) in [5.74, 6) is 0. The van der Waals surface area contributed by atoms with E-state index < -0.39 is 19.7 Å². The van der Waals surface area contributed by atoms with Crippen LogP contribution in [0.5, 0.6) is 0 Å². The molecule has 0 N–H and O–H groups in total. The van der Waals surface area contributed by atoms with E-state index >= 15 is 0 Å². The van der Waals surface area contributed by atoms with Gasteiger partial charge in [-0.15, -0.1) is 0 Å². The van der Waals surface area contributed by atoms with Crippen molar-refractivity contribution in [3.05, 3.63) is 82.6 Å². The molecule has 0 radical (unpaired) electrons. The summed E-state index contributed by atoms with van der Waals surface area (Å²) >= 11 is 0. The Kier molecular flexibility index (Phi) is 5.41. The molecule has 0 atom stereocenters. The number of benzene rings is 2. The SMILES string of the molecule is Cc1ccc(S(=O)(=O)/C=C/C=C/S(=O)(=O)c2ccc(C)cc2)cc1. The second-order valence-corrected chi connectivity index (χ2v) is 9.04. The van der Waals surface area contributed by atoms with E-state index in [-0.39, 0.29) is 9.79 Å². The predicted octanol–water partition coefficient (Wildman–Crippen LogP) is 3.58. The summed E-state index contributed by atoms with van der Waals surface area (Å²) in [5, 5.41) is 1.97. The lowest BCUT2D eigenvalue weighted by Crippen LogP contribution is -1.96. The van der Waals surface area contributed by atoms with Crippen LogP contribution in [-0.2, 0) is 19.7 Å². The second-order valence-electron chi connectivity index (χ2n) is 5.37. The summed E-state index contributed by atoms with van der Waals surface area (Å²) in [6.45, 7) is 3.73. The van der Waals surface area contributed by atoms with Gasteiger partial charge in [-0.3, -0.25) is 0 Å². The van der Waals surface area contributed by atoms with E-state index in [9.17, 15) is 16.8 Å². The van der Waals surface area contributed by atoms with Crippen LogP contribution in [0.25, 0.3) is 0 Å². The van der Waals surface area contributed by atoms with Crippen molar-refractivity contribution in [2.45, 2.75) is 23.6 Å². The van der Waals surface area contributed by atoms with Gasteiger partial charge < -0.3 is 0 Å². The first-order valence-electron chi connectivity index (χ1n) is 7.19. The Hall–Kier alpha value is -2.18. The minimum Gasteiger partial charge on any atom is -0.219 e. The van der Waals surface area contributed by atoms with Crippen LogP contribution in [0.2, 0.25) is 0 Å². The first-order valence-corrected chi connectivity index (χ1v) is 10.3. The summed E-state index contributed by atoms with van der Waals surface area (Å²) in [5.41, 5.74) is 1.92. The Morgan fingerprint density at radius 2 is 0.875 bits per heavy atom. The number of aryl methyl sites for hydroxylation is 2. The lowest BCUT2D eigenvalue weighted by Gasteiger charge is -1.99. The predicted molar refractivity (Wildman–Crippen MR) is 95.0 cm³/mol. The normalized spacial score (nSPS) is 12.9. The first kappa shape index (κ1) is 18.2. The third kappa shape index (κ3) is 4.66. The minimum absolute atomic E-state index is 0.166. The molecular weight excluding hydrogens is 344 g/mol. The van der Waals surface area contributed by atoms with Gasteiger partial charge in [0.15, 0.2) is 19.7 Å². The van der Waals surface area contributed by atoms with Crippen LogP contribution < -0.4 is 0 Å². The molecule has 0 aliphatic rings. The molecule has 2 rings (SSSR count). The molecule has 0 aromatic heterocycles. The van der Waals surface area contributed by atoms with Gasteiger partial charge in [0, 0.05) is 10.8 Å². The van der Waals surface area contributed by atoms with Gasteiger partial charge in [-0.25, -0.2) is 16.8 Å². The topological polar surface area (TPSA) is 68.3 Å². The van der Waals surface area contributed by atoms with Gasteiger partial charge in [0.2, 0.25) is 0 Å². The average molecular weight is 362 g/mol. The highest BCUT2D eigenvalue weighted by Crippen LogP contribution is 2.15. The van der Waals surface area contributed by atoms with E-state index in [1.165, 1.54) is 36.4 Å². The molecule has 2 aromatic rings. The highest BCUT2D eigenvalue weighted by atomic mass is 32.2. The monoisotopic (exact) mass is 362 g/mol. The smallest absolute Gasteiger partial charge is 0.199 e. The fourth-order valence-electron chi connectivity index (χ4n) is 1.91. The van der Waals surface area contributed by atoms with Crippen LogP contribution in [0, 0.1) is 13.8 Å². The Morgan fingerprint density at radius 3 is 1.17 bits per heavy atom. The molecule has 0 amide bonds. The quantitative estimate of drug-likeness (QED) is 0.763. The van der Waals surface area contributed by atoms with Crippen molar-refractivity contribution < 1.29 is 16.8 Å². The number of rotatable bonds is 5. The van der Waals surface area contributed by atoms with Crippen molar-refractivity contribution >= 4 is 19.7 Å². The van der Waals surface area contributed by atoms with Gasteiger partial charge in [0.05, 0.1) is 9.79 Å². The highest BCUT2D eigenvalue weighted by Gasteiger charge is 2.10. The molecule has 0 saturated heterocycles. The molecule has 6 heteroatoms. The van der Waals surface area contributed by atoms with Crippen LogP contribution >= 0.6 is 0 Å². The van der Waals surface area contributed by atoms with E-state index in [1.54, 1.807) is 24.3 Å². The Bertz CT molecular complexity index is 881. The summed E-state index contributed by atoms with van der Waals surface area (Å²) < 4.78 is 48.4. The molecule has 0 spiro atoms. The molecule has 0 fully saturated rings. The lowest BCUT2D eigenvalue weighted by molar-refractivity contribution is 0.602. The fraction of sp³-hybridized carbons (Fsp3) is 0.111. The van der Waals surface area contributed by atoms with E-state index in [4.69, 9.17) is 0 Å². The molecule has 126 valence electrons. The lowest BCUT2D eigenvalue weighted by atomic mass is 10.2. The van der Waals surface area contributed by atoms with Crippen molar-refractivity contribution in [2.24, 2.45) is 0 Å². The van der Waals surface area contributed by atoms with Gasteiger partial charge in [0.1, 0.15) is 0 Å². The number of sulfone groups is 2. The van der Waals surface area contributed by atoms with E-state index in [0.717, 1.165) is 21.9 Å². The molecule has 0 heterocycles. The standard InChI is InChI=1S/C18H18O4S2/c1-15-5-9-17(10-6-15)23(19,20)13-3-4-14-24(21,22)18-11-7-16(2)8-12-18/h3-14H,1-2H3/b13-3+,14-4+. The zero-order valence-corrected chi connectivity index (χ0v) is 15.0.